The van der Waals surface area contributed by atoms with E-state index in [9.17, 15) is 23.1 Å². The molecular formula is C14H9F3N4O2. The van der Waals surface area contributed by atoms with Crippen molar-refractivity contribution in [1.29, 1.82) is 0 Å². The fraction of sp³-hybridized carbons (Fsp3) is 0.0714. The van der Waals surface area contributed by atoms with E-state index < -0.39 is 23.5 Å². The number of phenolic OH excluding ortho intramolecular Hbond substituents is 1. The Bertz CT molecular complexity index is 889. The highest BCUT2D eigenvalue weighted by Crippen LogP contribution is 2.29. The summed E-state index contributed by atoms with van der Waals surface area (Å²) in [7, 11) is 0. The lowest BCUT2D eigenvalue weighted by Gasteiger charge is -2.09. The molecule has 3 rings (SSSR count). The standard InChI is InChI=1S/C14H9F3N4O2/c15-14(16,17)12-3-1-2-8(19-12)13(23)20-10-4-7-6-18-21-9(7)5-11(10)22/h1-6,22H,(H,18,21)(H,20,23). The number of aromatic nitrogens is 3. The Morgan fingerprint density at radius 2 is 2.04 bits per heavy atom. The molecule has 0 aliphatic rings. The zero-order chi connectivity index (χ0) is 16.6. The number of carbonyl (C=O) groups is 1. The number of nitrogens with one attached hydrogen (secondary N) is 2. The third kappa shape index (κ3) is 2.93. The van der Waals surface area contributed by atoms with Crippen LogP contribution in [0.3, 0.4) is 0 Å². The molecule has 118 valence electrons. The van der Waals surface area contributed by atoms with Crippen molar-refractivity contribution >= 4 is 22.5 Å². The first kappa shape index (κ1) is 14.8. The molecule has 0 fully saturated rings. The Morgan fingerprint density at radius 1 is 1.26 bits per heavy atom. The number of amides is 1. The van der Waals surface area contributed by atoms with Gasteiger partial charge < -0.3 is 10.4 Å². The highest BCUT2D eigenvalue weighted by molar-refractivity contribution is 6.04. The number of hydrogen-bond acceptors (Lipinski definition) is 4. The lowest BCUT2D eigenvalue weighted by molar-refractivity contribution is -0.141. The lowest BCUT2D eigenvalue weighted by atomic mass is 10.2. The van der Waals surface area contributed by atoms with E-state index in [1.54, 1.807) is 0 Å². The van der Waals surface area contributed by atoms with Crippen LogP contribution in [0.25, 0.3) is 10.9 Å². The number of phenols is 1. The topological polar surface area (TPSA) is 90.9 Å². The van der Waals surface area contributed by atoms with E-state index in [1.807, 2.05) is 0 Å². The summed E-state index contributed by atoms with van der Waals surface area (Å²) in [6.45, 7) is 0. The Labute approximate surface area is 127 Å². The maximum Gasteiger partial charge on any atom is 0.433 e. The minimum atomic E-state index is -4.64. The second-order valence-corrected chi connectivity index (χ2v) is 4.69. The number of halogens is 3. The molecule has 0 saturated heterocycles. The first-order valence-electron chi connectivity index (χ1n) is 6.36. The molecule has 2 aromatic heterocycles. The van der Waals surface area contributed by atoms with E-state index in [4.69, 9.17) is 0 Å². The molecular weight excluding hydrogens is 313 g/mol. The fourth-order valence-corrected chi connectivity index (χ4v) is 1.99. The summed E-state index contributed by atoms with van der Waals surface area (Å²) >= 11 is 0. The van der Waals surface area contributed by atoms with Crippen molar-refractivity contribution < 1.29 is 23.1 Å². The molecule has 0 spiro atoms. The van der Waals surface area contributed by atoms with Crippen LogP contribution in [-0.4, -0.2) is 26.2 Å². The van der Waals surface area contributed by atoms with Gasteiger partial charge in [-0.05, 0) is 18.2 Å². The van der Waals surface area contributed by atoms with E-state index in [0.29, 0.717) is 10.9 Å². The molecule has 6 nitrogen and oxygen atoms in total. The number of rotatable bonds is 2. The number of carbonyl (C=O) groups excluding carboxylic acids is 1. The maximum atomic E-state index is 12.6. The molecule has 2 heterocycles. The molecule has 1 amide bonds. The number of benzene rings is 1. The monoisotopic (exact) mass is 322 g/mol. The van der Waals surface area contributed by atoms with Crippen molar-refractivity contribution in [2.75, 3.05) is 5.32 Å². The van der Waals surface area contributed by atoms with Crippen LogP contribution in [0.15, 0.2) is 36.5 Å². The number of aromatic hydroxyl groups is 1. The first-order chi connectivity index (χ1) is 10.8. The smallest absolute Gasteiger partial charge is 0.433 e. The van der Waals surface area contributed by atoms with Crippen LogP contribution in [0.2, 0.25) is 0 Å². The Kier molecular flexibility index (Phi) is 3.40. The molecule has 0 saturated carbocycles. The van der Waals surface area contributed by atoms with Crippen LogP contribution < -0.4 is 5.32 Å². The van der Waals surface area contributed by atoms with Gasteiger partial charge in [-0.1, -0.05) is 6.07 Å². The van der Waals surface area contributed by atoms with Crippen LogP contribution in [0.4, 0.5) is 18.9 Å². The van der Waals surface area contributed by atoms with E-state index >= 15 is 0 Å². The van der Waals surface area contributed by atoms with E-state index in [2.05, 4.69) is 20.5 Å². The van der Waals surface area contributed by atoms with Crippen LogP contribution in [0.1, 0.15) is 16.2 Å². The number of aromatic amines is 1. The molecule has 0 bridgehead atoms. The summed E-state index contributed by atoms with van der Waals surface area (Å²) in [6.07, 6.45) is -3.17. The van der Waals surface area contributed by atoms with Crippen LogP contribution in [-0.2, 0) is 6.18 Å². The number of anilines is 1. The van der Waals surface area contributed by atoms with Crippen LogP contribution in [0, 0.1) is 0 Å². The van der Waals surface area contributed by atoms with Gasteiger partial charge in [0, 0.05) is 11.5 Å². The fourth-order valence-electron chi connectivity index (χ4n) is 1.99. The normalized spacial score (nSPS) is 11.6. The second kappa shape index (κ2) is 5.27. The number of pyridine rings is 1. The largest absolute Gasteiger partial charge is 0.506 e. The summed E-state index contributed by atoms with van der Waals surface area (Å²) in [5, 5.41) is 19.2. The highest BCUT2D eigenvalue weighted by Gasteiger charge is 2.33. The molecule has 0 unspecified atom stereocenters. The van der Waals surface area contributed by atoms with Gasteiger partial charge in [0.15, 0.2) is 0 Å². The van der Waals surface area contributed by atoms with E-state index in [-0.39, 0.29) is 11.4 Å². The quantitative estimate of drug-likeness (QED) is 0.633. The molecule has 1 aromatic carbocycles. The van der Waals surface area contributed by atoms with Crippen molar-refractivity contribution in [2.24, 2.45) is 0 Å². The summed E-state index contributed by atoms with van der Waals surface area (Å²) < 4.78 is 37.9. The van der Waals surface area contributed by atoms with E-state index in [0.717, 1.165) is 18.2 Å². The Morgan fingerprint density at radius 3 is 2.78 bits per heavy atom. The maximum absolute atomic E-state index is 12.6. The number of hydrogen-bond donors (Lipinski definition) is 3. The lowest BCUT2D eigenvalue weighted by Crippen LogP contribution is -2.17. The summed E-state index contributed by atoms with van der Waals surface area (Å²) in [6, 6.07) is 5.80. The molecule has 9 heteroatoms. The van der Waals surface area contributed by atoms with Gasteiger partial charge in [0.05, 0.1) is 17.4 Å². The molecule has 0 aliphatic heterocycles. The minimum Gasteiger partial charge on any atom is -0.506 e. The van der Waals surface area contributed by atoms with Gasteiger partial charge in [-0.3, -0.25) is 9.89 Å². The molecule has 0 atom stereocenters. The third-order valence-corrected chi connectivity index (χ3v) is 3.08. The van der Waals surface area contributed by atoms with Crippen LogP contribution >= 0.6 is 0 Å². The first-order valence-corrected chi connectivity index (χ1v) is 6.36. The van der Waals surface area contributed by atoms with Crippen LogP contribution in [0.5, 0.6) is 5.75 Å². The molecule has 3 aromatic rings. The second-order valence-electron chi connectivity index (χ2n) is 4.69. The number of nitrogens with zero attached hydrogens (tertiary/aromatic N) is 2. The summed E-state index contributed by atoms with van der Waals surface area (Å²) in [5.74, 6) is -1.11. The molecule has 23 heavy (non-hydrogen) atoms. The van der Waals surface area contributed by atoms with Gasteiger partial charge >= 0.3 is 6.18 Å². The van der Waals surface area contributed by atoms with Gasteiger partial charge in [-0.15, -0.1) is 0 Å². The average molecular weight is 322 g/mol. The SMILES string of the molecule is O=C(Nc1cc2cn[nH]c2cc1O)c1cccc(C(F)(F)F)n1. The number of H-pyrrole nitrogens is 1. The predicted octanol–water partition coefficient (Wildman–Crippen LogP) is 2.93. The minimum absolute atomic E-state index is 0.0445. The molecule has 0 aliphatic carbocycles. The van der Waals surface area contributed by atoms with Crippen molar-refractivity contribution in [3.63, 3.8) is 0 Å². The predicted molar refractivity (Wildman–Crippen MR) is 75.0 cm³/mol. The third-order valence-electron chi connectivity index (χ3n) is 3.08. The van der Waals surface area contributed by atoms with Crippen molar-refractivity contribution in [3.8, 4) is 5.75 Å². The summed E-state index contributed by atoms with van der Waals surface area (Å²) in [5.41, 5.74) is -0.980. The average Bonchev–Trinajstić information content (AvgIpc) is 2.94. The Hall–Kier alpha value is -3.10. The zero-order valence-electron chi connectivity index (χ0n) is 11.3. The highest BCUT2D eigenvalue weighted by atomic mass is 19.4. The summed E-state index contributed by atoms with van der Waals surface area (Å²) in [4.78, 5) is 15.3. The van der Waals surface area contributed by atoms with Gasteiger partial charge in [0.25, 0.3) is 5.91 Å². The number of alkyl halides is 3. The van der Waals surface area contributed by atoms with Crippen molar-refractivity contribution in [3.05, 3.63) is 47.9 Å². The van der Waals surface area contributed by atoms with Gasteiger partial charge in [-0.2, -0.15) is 18.3 Å². The van der Waals surface area contributed by atoms with Crippen molar-refractivity contribution in [1.82, 2.24) is 15.2 Å². The Balaban J connectivity index is 1.90. The van der Waals surface area contributed by atoms with Crippen molar-refractivity contribution in [2.45, 2.75) is 6.18 Å². The van der Waals surface area contributed by atoms with Gasteiger partial charge in [0.1, 0.15) is 17.1 Å². The zero-order valence-corrected chi connectivity index (χ0v) is 11.3. The number of fused-ring (bicyclic) bond motifs is 1. The van der Waals surface area contributed by atoms with Gasteiger partial charge in [-0.25, -0.2) is 4.98 Å². The molecule has 3 N–H and O–H groups in total. The van der Waals surface area contributed by atoms with E-state index in [1.165, 1.54) is 18.3 Å². The van der Waals surface area contributed by atoms with Gasteiger partial charge in [0.2, 0.25) is 0 Å². The molecule has 0 radical (unpaired) electrons.